The number of aromatic amines is 1. The SMILES string of the molecule is Cc1noc(C)c1CN1C[C@@H](F)C[C@H]1CNCc1cccc2[nH]ccc12. The molecule has 1 aliphatic heterocycles. The van der Waals surface area contributed by atoms with Gasteiger partial charge < -0.3 is 14.8 Å². The van der Waals surface area contributed by atoms with Crippen molar-refractivity contribution in [3.63, 3.8) is 0 Å². The van der Waals surface area contributed by atoms with Crippen LogP contribution in [0, 0.1) is 13.8 Å². The normalized spacial score (nSPS) is 21.0. The Hall–Kier alpha value is -2.18. The van der Waals surface area contributed by atoms with Gasteiger partial charge in [0.25, 0.3) is 0 Å². The lowest BCUT2D eigenvalue weighted by atomic mass is 10.1. The van der Waals surface area contributed by atoms with Crippen LogP contribution in [0.25, 0.3) is 10.9 Å². The smallest absolute Gasteiger partial charge is 0.138 e. The second-order valence-electron chi connectivity index (χ2n) is 7.21. The Bertz CT molecular complexity index is 867. The molecular weight excluding hydrogens is 331 g/mol. The molecule has 0 saturated carbocycles. The van der Waals surface area contributed by atoms with Crippen molar-refractivity contribution in [3.05, 3.63) is 53.0 Å². The molecule has 0 radical (unpaired) electrons. The van der Waals surface area contributed by atoms with Crippen molar-refractivity contribution in [2.45, 2.75) is 45.6 Å². The van der Waals surface area contributed by atoms with Gasteiger partial charge in [-0.1, -0.05) is 17.3 Å². The molecule has 0 unspecified atom stereocenters. The highest BCUT2D eigenvalue weighted by molar-refractivity contribution is 5.82. The quantitative estimate of drug-likeness (QED) is 0.710. The van der Waals surface area contributed by atoms with Crippen LogP contribution in [-0.4, -0.2) is 40.3 Å². The fourth-order valence-electron chi connectivity index (χ4n) is 3.94. The second-order valence-corrected chi connectivity index (χ2v) is 7.21. The Morgan fingerprint density at radius 1 is 1.35 bits per heavy atom. The van der Waals surface area contributed by atoms with Gasteiger partial charge in [0.15, 0.2) is 0 Å². The molecule has 1 saturated heterocycles. The number of aryl methyl sites for hydroxylation is 2. The molecule has 1 aliphatic rings. The molecule has 6 heteroatoms. The second kappa shape index (κ2) is 7.21. The van der Waals surface area contributed by atoms with E-state index < -0.39 is 6.17 Å². The molecule has 0 bridgehead atoms. The van der Waals surface area contributed by atoms with Gasteiger partial charge in [0, 0.05) is 54.9 Å². The first-order valence-electron chi connectivity index (χ1n) is 9.17. The van der Waals surface area contributed by atoms with Crippen LogP contribution in [0.4, 0.5) is 4.39 Å². The number of hydrogen-bond donors (Lipinski definition) is 2. The Morgan fingerprint density at radius 3 is 3.04 bits per heavy atom. The van der Waals surface area contributed by atoms with E-state index in [1.54, 1.807) is 0 Å². The first-order chi connectivity index (χ1) is 12.6. The Labute approximate surface area is 152 Å². The maximum atomic E-state index is 14.1. The predicted molar refractivity (Wildman–Crippen MR) is 99.7 cm³/mol. The van der Waals surface area contributed by atoms with Crippen molar-refractivity contribution in [1.29, 1.82) is 0 Å². The zero-order valence-electron chi connectivity index (χ0n) is 15.3. The molecule has 0 amide bonds. The molecule has 1 aromatic carbocycles. The summed E-state index contributed by atoms with van der Waals surface area (Å²) in [5, 5.41) is 8.78. The molecule has 2 N–H and O–H groups in total. The van der Waals surface area contributed by atoms with Crippen molar-refractivity contribution in [3.8, 4) is 0 Å². The molecule has 0 aliphatic carbocycles. The van der Waals surface area contributed by atoms with Crippen LogP contribution in [-0.2, 0) is 13.1 Å². The lowest BCUT2D eigenvalue weighted by molar-refractivity contribution is 0.228. The third kappa shape index (κ3) is 3.39. The number of alkyl halides is 1. The monoisotopic (exact) mass is 356 g/mol. The van der Waals surface area contributed by atoms with E-state index >= 15 is 0 Å². The Morgan fingerprint density at radius 2 is 2.23 bits per heavy atom. The average molecular weight is 356 g/mol. The fourth-order valence-corrected chi connectivity index (χ4v) is 3.94. The average Bonchev–Trinajstić information content (AvgIpc) is 3.31. The lowest BCUT2D eigenvalue weighted by Gasteiger charge is -2.24. The first-order valence-corrected chi connectivity index (χ1v) is 9.17. The number of rotatable bonds is 6. The van der Waals surface area contributed by atoms with E-state index in [-0.39, 0.29) is 6.04 Å². The minimum absolute atomic E-state index is 0.184. The molecule has 5 nitrogen and oxygen atoms in total. The molecule has 26 heavy (non-hydrogen) atoms. The number of halogens is 1. The first kappa shape index (κ1) is 17.2. The van der Waals surface area contributed by atoms with Crippen LogP contribution in [0.1, 0.15) is 29.0 Å². The van der Waals surface area contributed by atoms with E-state index in [4.69, 9.17) is 4.52 Å². The third-order valence-electron chi connectivity index (χ3n) is 5.40. The van der Waals surface area contributed by atoms with Crippen molar-refractivity contribution in [1.82, 2.24) is 20.4 Å². The van der Waals surface area contributed by atoms with Crippen molar-refractivity contribution in [2.24, 2.45) is 0 Å². The summed E-state index contributed by atoms with van der Waals surface area (Å²) in [5.41, 5.74) is 4.39. The van der Waals surface area contributed by atoms with E-state index in [0.717, 1.165) is 35.6 Å². The molecule has 2 aromatic heterocycles. The van der Waals surface area contributed by atoms with Gasteiger partial charge >= 0.3 is 0 Å². The number of H-pyrrole nitrogens is 1. The van der Waals surface area contributed by atoms with Crippen molar-refractivity contribution < 1.29 is 8.91 Å². The topological polar surface area (TPSA) is 57.1 Å². The van der Waals surface area contributed by atoms with Gasteiger partial charge in [0.2, 0.25) is 0 Å². The highest BCUT2D eigenvalue weighted by Gasteiger charge is 2.32. The van der Waals surface area contributed by atoms with Crippen LogP contribution in [0.15, 0.2) is 35.0 Å². The van der Waals surface area contributed by atoms with Crippen LogP contribution < -0.4 is 5.32 Å². The van der Waals surface area contributed by atoms with E-state index in [1.165, 1.54) is 10.9 Å². The number of nitrogens with zero attached hydrogens (tertiary/aromatic N) is 2. The lowest BCUT2D eigenvalue weighted by Crippen LogP contribution is -2.37. The van der Waals surface area contributed by atoms with Crippen molar-refractivity contribution >= 4 is 10.9 Å². The summed E-state index contributed by atoms with van der Waals surface area (Å²) in [6, 6.07) is 8.56. The summed E-state index contributed by atoms with van der Waals surface area (Å²) in [4.78, 5) is 5.45. The highest BCUT2D eigenvalue weighted by Crippen LogP contribution is 2.25. The van der Waals surface area contributed by atoms with Gasteiger partial charge in [0.05, 0.1) is 5.69 Å². The maximum Gasteiger partial charge on any atom is 0.138 e. The summed E-state index contributed by atoms with van der Waals surface area (Å²) in [5.74, 6) is 0.829. The minimum atomic E-state index is -0.768. The predicted octanol–water partition coefficient (Wildman–Crippen LogP) is 3.47. The summed E-state index contributed by atoms with van der Waals surface area (Å²) >= 11 is 0. The minimum Gasteiger partial charge on any atom is -0.361 e. The fraction of sp³-hybridized carbons (Fsp3) is 0.450. The number of benzene rings is 1. The number of hydrogen-bond acceptors (Lipinski definition) is 4. The summed E-state index contributed by atoms with van der Waals surface area (Å²) in [7, 11) is 0. The van der Waals surface area contributed by atoms with E-state index in [0.29, 0.717) is 19.5 Å². The van der Waals surface area contributed by atoms with Crippen LogP contribution in [0.3, 0.4) is 0 Å². The van der Waals surface area contributed by atoms with Crippen LogP contribution >= 0.6 is 0 Å². The molecule has 0 spiro atoms. The Kier molecular flexibility index (Phi) is 4.78. The van der Waals surface area contributed by atoms with E-state index in [1.807, 2.05) is 20.0 Å². The third-order valence-corrected chi connectivity index (χ3v) is 5.40. The molecule has 3 heterocycles. The molecule has 1 fully saturated rings. The van der Waals surface area contributed by atoms with Gasteiger partial charge in [0.1, 0.15) is 11.9 Å². The Balaban J connectivity index is 1.39. The highest BCUT2D eigenvalue weighted by atomic mass is 19.1. The molecule has 3 aromatic rings. The van der Waals surface area contributed by atoms with Gasteiger partial charge in [-0.25, -0.2) is 4.39 Å². The maximum absolute atomic E-state index is 14.1. The van der Waals surface area contributed by atoms with E-state index in [9.17, 15) is 4.39 Å². The largest absolute Gasteiger partial charge is 0.361 e. The summed E-state index contributed by atoms with van der Waals surface area (Å²) in [6.07, 6.45) is 1.77. The number of fused-ring (bicyclic) bond motifs is 1. The molecular formula is C20H25FN4O. The molecule has 138 valence electrons. The standard InChI is InChI=1S/C20H25FN4O/c1-13-19(14(2)26-24-13)12-25-11-16(21)8-17(25)10-22-9-15-4-3-5-20-18(15)6-7-23-20/h3-7,16-17,22-23H,8-12H2,1-2H3/t16-,17-/m0/s1. The molecule has 4 rings (SSSR count). The van der Waals surface area contributed by atoms with Gasteiger partial charge in [-0.15, -0.1) is 0 Å². The summed E-state index contributed by atoms with van der Waals surface area (Å²) in [6.45, 7) is 6.58. The van der Waals surface area contributed by atoms with Crippen LogP contribution in [0.2, 0.25) is 0 Å². The van der Waals surface area contributed by atoms with Crippen LogP contribution in [0.5, 0.6) is 0 Å². The van der Waals surface area contributed by atoms with E-state index in [2.05, 4.69) is 44.6 Å². The zero-order chi connectivity index (χ0) is 18.1. The van der Waals surface area contributed by atoms with Gasteiger partial charge in [-0.2, -0.15) is 0 Å². The molecule has 2 atom stereocenters. The van der Waals surface area contributed by atoms with Gasteiger partial charge in [-0.05, 0) is 38.0 Å². The number of nitrogens with one attached hydrogen (secondary N) is 2. The van der Waals surface area contributed by atoms with Crippen molar-refractivity contribution in [2.75, 3.05) is 13.1 Å². The summed E-state index contributed by atoms with van der Waals surface area (Å²) < 4.78 is 19.3. The van der Waals surface area contributed by atoms with Gasteiger partial charge in [-0.3, -0.25) is 4.90 Å². The number of aromatic nitrogens is 2. The zero-order valence-corrected chi connectivity index (χ0v) is 15.3. The number of likely N-dealkylation sites (tertiary alicyclic amines) is 1.